The van der Waals surface area contributed by atoms with Crippen LogP contribution in [-0.4, -0.2) is 30.9 Å². The Balaban J connectivity index is 1.98. The number of hydrazone groups is 1. The van der Waals surface area contributed by atoms with Crippen molar-refractivity contribution in [1.82, 2.24) is 18.7 Å². The number of anilines is 1. The van der Waals surface area contributed by atoms with E-state index in [2.05, 4.69) is 16.7 Å². The Morgan fingerprint density at radius 2 is 2.10 bits per heavy atom. The van der Waals surface area contributed by atoms with Crippen molar-refractivity contribution in [3.05, 3.63) is 68.1 Å². The fraction of sp³-hybridized carbons (Fsp3) is 0.263. The molecule has 0 saturated carbocycles. The molecule has 150 valence electrons. The molecule has 3 aromatic rings. The minimum atomic E-state index is -0.606. The first-order valence-corrected chi connectivity index (χ1v) is 9.26. The van der Waals surface area contributed by atoms with Gasteiger partial charge in [0, 0.05) is 17.6 Å². The van der Waals surface area contributed by atoms with Crippen LogP contribution in [0.1, 0.15) is 12.5 Å². The number of imidazole rings is 1. The number of aryl methyl sites for hydroxylation is 1. The Bertz CT molecular complexity index is 1280. The van der Waals surface area contributed by atoms with Gasteiger partial charge in [-0.25, -0.2) is 14.2 Å². The van der Waals surface area contributed by atoms with Crippen LogP contribution in [0.15, 0.2) is 45.5 Å². The van der Waals surface area contributed by atoms with Gasteiger partial charge in [0.15, 0.2) is 11.2 Å². The van der Waals surface area contributed by atoms with Crippen LogP contribution in [0.4, 0.5) is 10.3 Å². The standard InChI is InChI=1S/C19H18ClFN6O2/c1-4-8-27-18-22-16-15(25(18)9-11(2)23-27)17(28)26(19(29)24(16)3)10-12-13(20)6-5-7-14(12)21/h4-7H,1,8-10H2,2-3H3. The third-order valence-corrected chi connectivity index (χ3v) is 5.16. The predicted octanol–water partition coefficient (Wildman–Crippen LogP) is 2.12. The topological polar surface area (TPSA) is 77.4 Å². The molecule has 0 aliphatic carbocycles. The third kappa shape index (κ3) is 2.98. The van der Waals surface area contributed by atoms with Crippen LogP contribution in [0.2, 0.25) is 5.02 Å². The monoisotopic (exact) mass is 416 g/mol. The number of fused-ring (bicyclic) bond motifs is 3. The maximum absolute atomic E-state index is 14.3. The first-order valence-electron chi connectivity index (χ1n) is 8.89. The van der Waals surface area contributed by atoms with E-state index in [0.29, 0.717) is 19.0 Å². The molecule has 0 spiro atoms. The quantitative estimate of drug-likeness (QED) is 0.610. The molecule has 1 aliphatic rings. The highest BCUT2D eigenvalue weighted by Gasteiger charge is 2.26. The van der Waals surface area contributed by atoms with Gasteiger partial charge < -0.3 is 0 Å². The van der Waals surface area contributed by atoms with Gasteiger partial charge in [-0.3, -0.25) is 18.5 Å². The van der Waals surface area contributed by atoms with Gasteiger partial charge in [-0.2, -0.15) is 10.1 Å². The van der Waals surface area contributed by atoms with Crippen molar-refractivity contribution in [2.45, 2.75) is 20.0 Å². The van der Waals surface area contributed by atoms with Crippen LogP contribution in [-0.2, 0) is 20.1 Å². The molecule has 0 unspecified atom stereocenters. The Kier molecular flexibility index (Phi) is 4.62. The number of halogens is 2. The molecule has 8 nitrogen and oxygen atoms in total. The Hall–Kier alpha value is -3.20. The van der Waals surface area contributed by atoms with Crippen molar-refractivity contribution in [3.63, 3.8) is 0 Å². The highest BCUT2D eigenvalue weighted by molar-refractivity contribution is 6.31. The van der Waals surface area contributed by atoms with Gasteiger partial charge in [-0.05, 0) is 19.1 Å². The zero-order valence-electron chi connectivity index (χ0n) is 15.9. The SMILES string of the molecule is C=CCN1N=C(C)Cn2c1nc1c2c(=O)n(Cc2c(F)cccc2Cl)c(=O)n1C. The number of aromatic nitrogens is 4. The molecule has 0 radical (unpaired) electrons. The van der Waals surface area contributed by atoms with E-state index in [9.17, 15) is 14.0 Å². The smallest absolute Gasteiger partial charge is 0.297 e. The summed E-state index contributed by atoms with van der Waals surface area (Å²) >= 11 is 6.10. The van der Waals surface area contributed by atoms with Gasteiger partial charge in [0.05, 0.1) is 25.3 Å². The highest BCUT2D eigenvalue weighted by atomic mass is 35.5. The van der Waals surface area contributed by atoms with Crippen LogP contribution >= 0.6 is 11.6 Å². The molecular formula is C19H18ClFN6O2. The number of rotatable bonds is 4. The lowest BCUT2D eigenvalue weighted by Gasteiger charge is -2.23. The predicted molar refractivity (Wildman–Crippen MR) is 110 cm³/mol. The molecule has 2 aromatic heterocycles. The molecule has 1 aromatic carbocycles. The number of benzene rings is 1. The van der Waals surface area contributed by atoms with E-state index in [0.717, 1.165) is 10.3 Å². The molecule has 10 heteroatoms. The second-order valence-electron chi connectivity index (χ2n) is 6.81. The van der Waals surface area contributed by atoms with Crippen LogP contribution < -0.4 is 16.3 Å². The molecular weight excluding hydrogens is 399 g/mol. The Morgan fingerprint density at radius 1 is 1.34 bits per heavy atom. The summed E-state index contributed by atoms with van der Waals surface area (Å²) in [6, 6.07) is 4.22. The van der Waals surface area contributed by atoms with E-state index in [-0.39, 0.29) is 28.3 Å². The lowest BCUT2D eigenvalue weighted by molar-refractivity contribution is 0.582. The largest absolute Gasteiger partial charge is 0.332 e. The van der Waals surface area contributed by atoms with Gasteiger partial charge in [0.25, 0.3) is 5.56 Å². The van der Waals surface area contributed by atoms with Crippen molar-refractivity contribution < 1.29 is 4.39 Å². The summed E-state index contributed by atoms with van der Waals surface area (Å²) < 4.78 is 18.2. The summed E-state index contributed by atoms with van der Waals surface area (Å²) in [4.78, 5) is 30.6. The normalized spacial score (nSPS) is 13.5. The molecule has 0 atom stereocenters. The lowest BCUT2D eigenvalue weighted by atomic mass is 10.2. The van der Waals surface area contributed by atoms with E-state index >= 15 is 0 Å². The fourth-order valence-corrected chi connectivity index (χ4v) is 3.67. The minimum Gasteiger partial charge on any atom is -0.297 e. The molecule has 0 N–H and O–H groups in total. The average Bonchev–Trinajstić information content (AvgIpc) is 3.05. The zero-order valence-corrected chi connectivity index (χ0v) is 16.6. The van der Waals surface area contributed by atoms with Gasteiger partial charge >= 0.3 is 5.69 Å². The second kappa shape index (κ2) is 7.00. The summed E-state index contributed by atoms with van der Waals surface area (Å²) in [7, 11) is 1.52. The molecule has 1 aliphatic heterocycles. The van der Waals surface area contributed by atoms with Crippen LogP contribution in [0.25, 0.3) is 11.2 Å². The summed E-state index contributed by atoms with van der Waals surface area (Å²) in [6.07, 6.45) is 1.67. The van der Waals surface area contributed by atoms with Gasteiger partial charge in [-0.1, -0.05) is 23.7 Å². The Labute approximate surface area is 169 Å². The number of hydrogen-bond acceptors (Lipinski definition) is 5. The number of nitrogens with zero attached hydrogens (tertiary/aromatic N) is 6. The highest BCUT2D eigenvalue weighted by Crippen LogP contribution is 2.24. The lowest BCUT2D eigenvalue weighted by Crippen LogP contribution is -2.40. The zero-order chi connectivity index (χ0) is 20.9. The summed E-state index contributed by atoms with van der Waals surface area (Å²) in [6.45, 7) is 6.02. The van der Waals surface area contributed by atoms with Crippen LogP contribution in [0, 0.1) is 5.82 Å². The molecule has 0 saturated heterocycles. The first-order chi connectivity index (χ1) is 13.8. The minimum absolute atomic E-state index is 0.0807. The Morgan fingerprint density at radius 3 is 2.79 bits per heavy atom. The average molecular weight is 417 g/mol. The van der Waals surface area contributed by atoms with E-state index in [1.54, 1.807) is 15.7 Å². The molecule has 3 heterocycles. The van der Waals surface area contributed by atoms with E-state index in [4.69, 9.17) is 11.6 Å². The fourth-order valence-electron chi connectivity index (χ4n) is 3.44. The summed E-state index contributed by atoms with van der Waals surface area (Å²) in [5.41, 5.74) is 0.176. The molecule has 0 fully saturated rings. The van der Waals surface area contributed by atoms with E-state index in [1.807, 2.05) is 6.92 Å². The first kappa shape index (κ1) is 19.1. The van der Waals surface area contributed by atoms with Crippen molar-refractivity contribution in [2.75, 3.05) is 11.6 Å². The maximum Gasteiger partial charge on any atom is 0.332 e. The third-order valence-electron chi connectivity index (χ3n) is 4.80. The second-order valence-corrected chi connectivity index (χ2v) is 7.22. The van der Waals surface area contributed by atoms with Gasteiger partial charge in [-0.15, -0.1) is 6.58 Å². The van der Waals surface area contributed by atoms with Crippen molar-refractivity contribution in [3.8, 4) is 0 Å². The van der Waals surface area contributed by atoms with Gasteiger partial charge in [0.2, 0.25) is 5.95 Å². The summed E-state index contributed by atoms with van der Waals surface area (Å²) in [5.74, 6) is -0.138. The van der Waals surface area contributed by atoms with Crippen molar-refractivity contribution >= 4 is 34.4 Å². The summed E-state index contributed by atoms with van der Waals surface area (Å²) in [5, 5.41) is 6.20. The molecule has 0 amide bonds. The van der Waals surface area contributed by atoms with E-state index in [1.165, 1.54) is 29.8 Å². The van der Waals surface area contributed by atoms with Gasteiger partial charge in [0.1, 0.15) is 5.82 Å². The number of hydrogen-bond donors (Lipinski definition) is 0. The molecule has 4 rings (SSSR count). The van der Waals surface area contributed by atoms with Crippen molar-refractivity contribution in [1.29, 1.82) is 0 Å². The molecule has 0 bridgehead atoms. The molecule has 29 heavy (non-hydrogen) atoms. The van der Waals surface area contributed by atoms with Crippen molar-refractivity contribution in [2.24, 2.45) is 12.1 Å². The maximum atomic E-state index is 14.3. The van der Waals surface area contributed by atoms with Crippen LogP contribution in [0.5, 0.6) is 0 Å². The van der Waals surface area contributed by atoms with Crippen LogP contribution in [0.3, 0.4) is 0 Å². The van der Waals surface area contributed by atoms with E-state index < -0.39 is 17.1 Å².